The molecule has 1 unspecified atom stereocenters. The summed E-state index contributed by atoms with van der Waals surface area (Å²) in [6.07, 6.45) is 0. The lowest BCUT2D eigenvalue weighted by Crippen LogP contribution is -2.23. The Balaban J connectivity index is 2.01. The second-order valence-corrected chi connectivity index (χ2v) is 8.69. The van der Waals surface area contributed by atoms with Crippen molar-refractivity contribution in [1.82, 2.24) is 10.2 Å². The number of nitrogens with zero attached hydrogens (tertiary/aromatic N) is 2. The van der Waals surface area contributed by atoms with E-state index < -0.39 is 0 Å². The number of rotatable bonds is 7. The molecule has 0 fully saturated rings. The number of para-hydroxylation sites is 1. The number of benzene rings is 1. The van der Waals surface area contributed by atoms with Crippen molar-refractivity contribution in [3.05, 3.63) is 29.8 Å². The van der Waals surface area contributed by atoms with Crippen LogP contribution in [-0.2, 0) is 4.79 Å². The zero-order valence-corrected chi connectivity index (χ0v) is 15.5. The van der Waals surface area contributed by atoms with Gasteiger partial charge >= 0.3 is 0 Å². The minimum absolute atomic E-state index is 0.0773. The quantitative estimate of drug-likeness (QED) is 0.590. The lowest BCUT2D eigenvalue weighted by Gasteiger charge is -2.12. The molecule has 0 aliphatic carbocycles. The summed E-state index contributed by atoms with van der Waals surface area (Å²) in [6, 6.07) is 7.00. The fourth-order valence-electron chi connectivity index (χ4n) is 1.76. The van der Waals surface area contributed by atoms with Crippen LogP contribution in [0.2, 0.25) is 0 Å². The Morgan fingerprint density at radius 2 is 1.96 bits per heavy atom. The number of ketones is 1. The number of anilines is 1. The van der Waals surface area contributed by atoms with Crippen LogP contribution in [0.1, 0.15) is 31.1 Å². The van der Waals surface area contributed by atoms with Gasteiger partial charge in [0.2, 0.25) is 5.91 Å². The van der Waals surface area contributed by atoms with Crippen LogP contribution in [0, 0.1) is 0 Å². The van der Waals surface area contributed by atoms with Crippen LogP contribution in [-0.4, -0.2) is 32.9 Å². The molecule has 0 aliphatic rings. The molecule has 2 rings (SSSR count). The summed E-state index contributed by atoms with van der Waals surface area (Å²) in [6.45, 7) is 5.35. The summed E-state index contributed by atoms with van der Waals surface area (Å²) < 4.78 is 1.67. The number of carbonyl (C=O) groups is 2. The van der Waals surface area contributed by atoms with Crippen LogP contribution in [0.4, 0.5) is 5.69 Å². The van der Waals surface area contributed by atoms with E-state index in [1.54, 1.807) is 36.0 Å². The van der Waals surface area contributed by atoms with Gasteiger partial charge in [0.05, 0.1) is 10.9 Å². The summed E-state index contributed by atoms with van der Waals surface area (Å²) in [5.74, 6) is 0.701. The lowest BCUT2D eigenvalue weighted by atomic mass is 10.1. The Kier molecular flexibility index (Phi) is 6.61. The van der Waals surface area contributed by atoms with E-state index >= 15 is 0 Å². The molecule has 0 aliphatic heterocycles. The first-order valence-electron chi connectivity index (χ1n) is 7.05. The Labute approximate surface area is 147 Å². The maximum atomic E-state index is 12.3. The van der Waals surface area contributed by atoms with Gasteiger partial charge in [-0.25, -0.2) is 0 Å². The van der Waals surface area contributed by atoms with Gasteiger partial charge in [0, 0.05) is 5.56 Å². The first kappa shape index (κ1) is 18.0. The Bertz CT molecular complexity index is 703. The van der Waals surface area contributed by atoms with E-state index in [0.29, 0.717) is 11.3 Å². The topological polar surface area (TPSA) is 72.0 Å². The summed E-state index contributed by atoms with van der Waals surface area (Å²) in [4.78, 5) is 23.9. The smallest absolute Gasteiger partial charge is 0.237 e. The Morgan fingerprint density at radius 3 is 2.65 bits per heavy atom. The molecule has 1 atom stereocenters. The van der Waals surface area contributed by atoms with Gasteiger partial charge < -0.3 is 5.32 Å². The van der Waals surface area contributed by atoms with Gasteiger partial charge in [-0.05, 0) is 31.7 Å². The van der Waals surface area contributed by atoms with Gasteiger partial charge in [0.15, 0.2) is 14.5 Å². The van der Waals surface area contributed by atoms with Crippen LogP contribution >= 0.6 is 34.9 Å². The third kappa shape index (κ3) is 5.05. The van der Waals surface area contributed by atoms with Crippen molar-refractivity contribution in [1.29, 1.82) is 0 Å². The van der Waals surface area contributed by atoms with Crippen molar-refractivity contribution >= 4 is 52.2 Å². The molecular weight excluding hydrogens is 350 g/mol. The highest BCUT2D eigenvalue weighted by Crippen LogP contribution is 2.31. The molecule has 0 bridgehead atoms. The van der Waals surface area contributed by atoms with E-state index in [1.807, 2.05) is 6.92 Å². The standard InChI is InChI=1S/C15H17N3O2S3/c1-4-21-14-17-18-15(23-14)22-10(3)13(20)16-12-8-6-5-7-11(12)9(2)19/h5-8,10H,4H2,1-3H3,(H,16,20). The minimum Gasteiger partial charge on any atom is -0.324 e. The van der Waals surface area contributed by atoms with Gasteiger partial charge in [-0.15, -0.1) is 10.2 Å². The van der Waals surface area contributed by atoms with Crippen LogP contribution in [0.5, 0.6) is 0 Å². The highest BCUT2D eigenvalue weighted by atomic mass is 32.2. The number of carbonyl (C=O) groups excluding carboxylic acids is 2. The minimum atomic E-state index is -0.331. The lowest BCUT2D eigenvalue weighted by molar-refractivity contribution is -0.115. The third-order valence-electron chi connectivity index (χ3n) is 2.87. The summed E-state index contributed by atoms with van der Waals surface area (Å²) in [7, 11) is 0. The fourth-order valence-corrected chi connectivity index (χ4v) is 4.83. The number of Topliss-reactive ketones (excluding diaryl/α,β-unsaturated/α-hetero) is 1. The van der Waals surface area contributed by atoms with Crippen molar-refractivity contribution in [3.63, 3.8) is 0 Å². The van der Waals surface area contributed by atoms with Crippen molar-refractivity contribution in [2.24, 2.45) is 0 Å². The van der Waals surface area contributed by atoms with E-state index in [2.05, 4.69) is 22.4 Å². The second kappa shape index (κ2) is 8.47. The molecule has 1 amide bonds. The SMILES string of the molecule is CCSc1nnc(SC(C)C(=O)Nc2ccccc2C(C)=O)s1. The van der Waals surface area contributed by atoms with Crippen LogP contribution in [0.25, 0.3) is 0 Å². The van der Waals surface area contributed by atoms with Crippen molar-refractivity contribution in [2.75, 3.05) is 11.1 Å². The van der Waals surface area contributed by atoms with Crippen LogP contribution in [0.3, 0.4) is 0 Å². The van der Waals surface area contributed by atoms with Crippen LogP contribution < -0.4 is 5.32 Å². The number of aromatic nitrogens is 2. The second-order valence-electron chi connectivity index (χ2n) is 4.62. The molecule has 0 saturated carbocycles. The van der Waals surface area contributed by atoms with Gasteiger partial charge in [0.1, 0.15) is 0 Å². The van der Waals surface area contributed by atoms with E-state index in [0.717, 1.165) is 14.4 Å². The molecule has 1 N–H and O–H groups in total. The summed E-state index contributed by atoms with van der Waals surface area (Å²) in [5, 5.41) is 10.6. The number of amides is 1. The number of nitrogens with one attached hydrogen (secondary N) is 1. The molecule has 0 radical (unpaired) electrons. The maximum Gasteiger partial charge on any atom is 0.237 e. The van der Waals surface area contributed by atoms with Crippen LogP contribution in [0.15, 0.2) is 32.9 Å². The molecule has 1 heterocycles. The molecule has 2 aromatic rings. The van der Waals surface area contributed by atoms with Crippen molar-refractivity contribution in [2.45, 2.75) is 34.7 Å². The Hall–Kier alpha value is -1.38. The van der Waals surface area contributed by atoms with Gasteiger partial charge in [-0.2, -0.15) is 0 Å². The first-order valence-corrected chi connectivity index (χ1v) is 9.73. The molecule has 1 aromatic heterocycles. The first-order chi connectivity index (χ1) is 11.0. The number of hydrogen-bond donors (Lipinski definition) is 1. The van der Waals surface area contributed by atoms with E-state index in [9.17, 15) is 9.59 Å². The fraction of sp³-hybridized carbons (Fsp3) is 0.333. The van der Waals surface area contributed by atoms with Gasteiger partial charge in [-0.1, -0.05) is 53.9 Å². The molecular formula is C15H17N3O2S3. The normalized spacial score (nSPS) is 12.0. The van der Waals surface area contributed by atoms with E-state index in [4.69, 9.17) is 0 Å². The number of hydrogen-bond acceptors (Lipinski definition) is 7. The largest absolute Gasteiger partial charge is 0.324 e. The van der Waals surface area contributed by atoms with Gasteiger partial charge in [0.25, 0.3) is 0 Å². The molecule has 5 nitrogen and oxygen atoms in total. The average Bonchev–Trinajstić information content (AvgIpc) is 2.95. The van der Waals surface area contributed by atoms with Crippen molar-refractivity contribution in [3.8, 4) is 0 Å². The summed E-state index contributed by atoms with van der Waals surface area (Å²) >= 11 is 4.49. The molecule has 0 saturated heterocycles. The summed E-state index contributed by atoms with van der Waals surface area (Å²) in [5.41, 5.74) is 1.05. The molecule has 23 heavy (non-hydrogen) atoms. The van der Waals surface area contributed by atoms with E-state index in [-0.39, 0.29) is 16.9 Å². The molecule has 122 valence electrons. The monoisotopic (exact) mass is 367 g/mol. The maximum absolute atomic E-state index is 12.3. The average molecular weight is 368 g/mol. The predicted octanol–water partition coefficient (Wildman–Crippen LogP) is 3.97. The molecule has 1 aromatic carbocycles. The third-order valence-corrected chi connectivity index (χ3v) is 5.99. The zero-order valence-electron chi connectivity index (χ0n) is 13.0. The van der Waals surface area contributed by atoms with E-state index in [1.165, 1.54) is 30.0 Å². The molecule has 8 heteroatoms. The Morgan fingerprint density at radius 1 is 1.26 bits per heavy atom. The predicted molar refractivity (Wildman–Crippen MR) is 96.7 cm³/mol. The highest BCUT2D eigenvalue weighted by molar-refractivity contribution is 8.03. The highest BCUT2D eigenvalue weighted by Gasteiger charge is 2.19. The number of thioether (sulfide) groups is 2. The van der Waals surface area contributed by atoms with Crippen molar-refractivity contribution < 1.29 is 9.59 Å². The van der Waals surface area contributed by atoms with Gasteiger partial charge in [-0.3, -0.25) is 9.59 Å². The zero-order chi connectivity index (χ0) is 16.8. The molecule has 0 spiro atoms.